The number of benzene rings is 2. The third kappa shape index (κ3) is 4.03. The molecule has 0 spiro atoms. The normalized spacial score (nSPS) is 13.0. The number of aryl methyl sites for hydroxylation is 1. The Bertz CT molecular complexity index is 1180. The van der Waals surface area contributed by atoms with Crippen LogP contribution < -0.4 is 21.9 Å². The minimum atomic E-state index is -0.356. The number of carbonyl (C=O) groups is 3. The number of nitrogens with one attached hydrogen (secondary N) is 1. The second kappa shape index (κ2) is 8.04. The minimum absolute atomic E-state index is 0.149. The van der Waals surface area contributed by atoms with Gasteiger partial charge in [0.05, 0.1) is 23.1 Å². The lowest BCUT2D eigenvalue weighted by Crippen LogP contribution is -2.28. The fourth-order valence-electron chi connectivity index (χ4n) is 3.22. The van der Waals surface area contributed by atoms with Crippen molar-refractivity contribution in [1.82, 2.24) is 15.1 Å². The number of rotatable bonds is 7. The molecule has 31 heavy (non-hydrogen) atoms. The molecular weight excluding hydrogens is 396 g/mol. The van der Waals surface area contributed by atoms with E-state index in [2.05, 4.69) is 10.4 Å². The summed E-state index contributed by atoms with van der Waals surface area (Å²) in [5.41, 5.74) is 9.13. The lowest BCUT2D eigenvalue weighted by atomic mass is 10.0. The molecule has 0 atom stereocenters. The average molecular weight is 418 g/mol. The SMILES string of the molecule is Cc1ccc(C(=O)NC2CC2)cc1-n1ncc(C(=O)c2cccc(N(N)C=O)c2)c1N. The van der Waals surface area contributed by atoms with E-state index in [1.807, 2.05) is 13.0 Å². The molecule has 9 heteroatoms. The molecule has 1 heterocycles. The number of nitrogens with zero attached hydrogens (tertiary/aromatic N) is 3. The first kappa shape index (κ1) is 20.3. The predicted octanol–water partition coefficient (Wildman–Crippen LogP) is 1.72. The van der Waals surface area contributed by atoms with Crippen LogP contribution in [0.25, 0.3) is 5.69 Å². The highest BCUT2D eigenvalue weighted by atomic mass is 16.2. The number of hydrogen-bond donors (Lipinski definition) is 3. The second-order valence-corrected chi connectivity index (χ2v) is 7.50. The van der Waals surface area contributed by atoms with Crippen molar-refractivity contribution in [3.05, 3.63) is 70.9 Å². The predicted molar refractivity (Wildman–Crippen MR) is 116 cm³/mol. The molecule has 5 N–H and O–H groups in total. The highest BCUT2D eigenvalue weighted by Crippen LogP contribution is 2.25. The molecule has 158 valence electrons. The van der Waals surface area contributed by atoms with Crippen molar-refractivity contribution in [3.8, 4) is 5.69 Å². The molecule has 4 rings (SSSR count). The first-order valence-corrected chi connectivity index (χ1v) is 9.78. The maximum atomic E-state index is 13.0. The van der Waals surface area contributed by atoms with E-state index in [9.17, 15) is 14.4 Å². The Labute approximate surface area is 178 Å². The molecule has 1 aliphatic carbocycles. The summed E-state index contributed by atoms with van der Waals surface area (Å²) in [6, 6.07) is 11.9. The Balaban J connectivity index is 1.66. The highest BCUT2D eigenvalue weighted by molar-refractivity contribution is 6.12. The van der Waals surface area contributed by atoms with E-state index in [1.165, 1.54) is 16.9 Å². The van der Waals surface area contributed by atoms with Crippen LogP contribution in [0.4, 0.5) is 11.5 Å². The molecule has 3 aromatic rings. The van der Waals surface area contributed by atoms with Crippen molar-refractivity contribution >= 4 is 29.6 Å². The van der Waals surface area contributed by atoms with E-state index in [-0.39, 0.29) is 29.1 Å². The van der Waals surface area contributed by atoms with Gasteiger partial charge >= 0.3 is 0 Å². The first-order valence-electron chi connectivity index (χ1n) is 9.78. The lowest BCUT2D eigenvalue weighted by molar-refractivity contribution is -0.107. The molecule has 2 amide bonds. The number of nitrogen functional groups attached to an aromatic ring is 1. The summed E-state index contributed by atoms with van der Waals surface area (Å²) < 4.78 is 1.45. The van der Waals surface area contributed by atoms with Gasteiger partial charge in [-0.3, -0.25) is 19.4 Å². The zero-order chi connectivity index (χ0) is 22.1. The van der Waals surface area contributed by atoms with E-state index in [4.69, 9.17) is 11.6 Å². The molecular formula is C22H22N6O3. The minimum Gasteiger partial charge on any atom is -0.383 e. The van der Waals surface area contributed by atoms with E-state index in [0.29, 0.717) is 28.9 Å². The van der Waals surface area contributed by atoms with Crippen molar-refractivity contribution in [2.24, 2.45) is 5.84 Å². The van der Waals surface area contributed by atoms with Gasteiger partial charge in [-0.15, -0.1) is 0 Å². The number of aromatic nitrogens is 2. The van der Waals surface area contributed by atoms with Crippen molar-refractivity contribution in [2.75, 3.05) is 10.7 Å². The molecule has 0 radical (unpaired) electrons. The van der Waals surface area contributed by atoms with Crippen molar-refractivity contribution < 1.29 is 14.4 Å². The van der Waals surface area contributed by atoms with E-state index in [1.54, 1.807) is 30.3 Å². The largest absolute Gasteiger partial charge is 0.383 e. The summed E-state index contributed by atoms with van der Waals surface area (Å²) >= 11 is 0. The summed E-state index contributed by atoms with van der Waals surface area (Å²) in [6.45, 7) is 1.87. The van der Waals surface area contributed by atoms with Crippen LogP contribution in [0.15, 0.2) is 48.7 Å². The van der Waals surface area contributed by atoms with Gasteiger partial charge in [-0.25, -0.2) is 10.5 Å². The van der Waals surface area contributed by atoms with Crippen LogP contribution in [0, 0.1) is 6.92 Å². The van der Waals surface area contributed by atoms with Crippen LogP contribution in [0.2, 0.25) is 0 Å². The van der Waals surface area contributed by atoms with Gasteiger partial charge in [0.1, 0.15) is 5.82 Å². The van der Waals surface area contributed by atoms with E-state index >= 15 is 0 Å². The molecule has 1 aromatic heterocycles. The summed E-state index contributed by atoms with van der Waals surface area (Å²) in [4.78, 5) is 36.3. The Hall–Kier alpha value is -3.98. The number of amides is 2. The number of hydrogen-bond acceptors (Lipinski definition) is 6. The first-order chi connectivity index (χ1) is 14.9. The van der Waals surface area contributed by atoms with Crippen LogP contribution >= 0.6 is 0 Å². The van der Waals surface area contributed by atoms with Crippen molar-refractivity contribution in [3.63, 3.8) is 0 Å². The van der Waals surface area contributed by atoms with E-state index < -0.39 is 0 Å². The van der Waals surface area contributed by atoms with Gasteiger partial charge in [-0.1, -0.05) is 18.2 Å². The Morgan fingerprint density at radius 1 is 1.19 bits per heavy atom. The van der Waals surface area contributed by atoms with Crippen molar-refractivity contribution in [2.45, 2.75) is 25.8 Å². The van der Waals surface area contributed by atoms with Gasteiger partial charge in [0.15, 0.2) is 5.78 Å². The van der Waals surface area contributed by atoms with Crippen LogP contribution in [0.1, 0.15) is 44.7 Å². The van der Waals surface area contributed by atoms with Gasteiger partial charge in [0.25, 0.3) is 5.91 Å². The number of hydrazine groups is 1. The smallest absolute Gasteiger partial charge is 0.251 e. The lowest BCUT2D eigenvalue weighted by Gasteiger charge is -2.12. The van der Waals surface area contributed by atoms with Crippen molar-refractivity contribution in [1.29, 1.82) is 0 Å². The van der Waals surface area contributed by atoms with Crippen LogP contribution in [0.3, 0.4) is 0 Å². The molecule has 0 aliphatic heterocycles. The average Bonchev–Trinajstić information content (AvgIpc) is 3.52. The number of ketones is 1. The zero-order valence-electron chi connectivity index (χ0n) is 16.9. The van der Waals surface area contributed by atoms with Gasteiger partial charge in [0, 0.05) is 17.2 Å². The van der Waals surface area contributed by atoms with Gasteiger partial charge in [-0.2, -0.15) is 5.10 Å². The molecule has 1 aliphatic rings. The molecule has 1 saturated carbocycles. The maximum absolute atomic E-state index is 13.0. The monoisotopic (exact) mass is 418 g/mol. The fraction of sp³-hybridized carbons (Fsp3) is 0.182. The molecule has 0 unspecified atom stereocenters. The van der Waals surface area contributed by atoms with Crippen LogP contribution in [-0.4, -0.2) is 33.9 Å². The quantitative estimate of drug-likeness (QED) is 0.176. The Kier molecular flexibility index (Phi) is 5.26. The second-order valence-electron chi connectivity index (χ2n) is 7.50. The molecule has 1 fully saturated rings. The van der Waals surface area contributed by atoms with Gasteiger partial charge in [0.2, 0.25) is 6.41 Å². The molecule has 0 saturated heterocycles. The van der Waals surface area contributed by atoms with Gasteiger partial charge < -0.3 is 11.1 Å². The summed E-state index contributed by atoms with van der Waals surface area (Å²) in [5.74, 6) is 5.23. The fourth-order valence-corrected chi connectivity index (χ4v) is 3.22. The zero-order valence-corrected chi connectivity index (χ0v) is 16.9. The third-order valence-corrected chi connectivity index (χ3v) is 5.18. The number of carbonyl (C=O) groups excluding carboxylic acids is 3. The number of nitrogens with two attached hydrogens (primary N) is 2. The van der Waals surface area contributed by atoms with Gasteiger partial charge in [-0.05, 0) is 49.6 Å². The van der Waals surface area contributed by atoms with Crippen LogP contribution in [0.5, 0.6) is 0 Å². The Morgan fingerprint density at radius 3 is 2.68 bits per heavy atom. The maximum Gasteiger partial charge on any atom is 0.251 e. The topological polar surface area (TPSA) is 136 Å². The summed E-state index contributed by atoms with van der Waals surface area (Å²) in [6.07, 6.45) is 3.84. The molecule has 0 bridgehead atoms. The molecule has 9 nitrogen and oxygen atoms in total. The highest BCUT2D eigenvalue weighted by Gasteiger charge is 2.24. The Morgan fingerprint density at radius 2 is 1.97 bits per heavy atom. The standard InChI is InChI=1S/C22H22N6O3/c1-13-5-6-15(22(31)26-16-7-8-16)10-19(13)28-21(23)18(11-25-28)20(30)14-3-2-4-17(9-14)27(24)12-29/h2-6,9-12,16H,7-8,23-24H2,1H3,(H,26,31). The summed E-state index contributed by atoms with van der Waals surface area (Å²) in [7, 11) is 0. The third-order valence-electron chi connectivity index (χ3n) is 5.18. The van der Waals surface area contributed by atoms with E-state index in [0.717, 1.165) is 23.4 Å². The number of anilines is 2. The molecule has 2 aromatic carbocycles. The van der Waals surface area contributed by atoms with Crippen LogP contribution in [-0.2, 0) is 4.79 Å². The summed E-state index contributed by atoms with van der Waals surface area (Å²) in [5, 5.41) is 8.12.